The maximum absolute atomic E-state index is 12.8. The fraction of sp³-hybridized carbons (Fsp3) is 0.588. The minimum atomic E-state index is -3.52. The summed E-state index contributed by atoms with van der Waals surface area (Å²) < 4.78 is 27.0. The lowest BCUT2D eigenvalue weighted by Crippen LogP contribution is -2.55. The molecule has 1 N–H and O–H groups in total. The molecular weight excluding hydrogens is 362 g/mol. The van der Waals surface area contributed by atoms with Crippen LogP contribution >= 0.6 is 12.4 Å². The number of sulfonamides is 1. The van der Waals surface area contributed by atoms with Gasteiger partial charge in [0.2, 0.25) is 15.9 Å². The lowest BCUT2D eigenvalue weighted by atomic mass is 9.97. The Bertz CT molecular complexity index is 684. The van der Waals surface area contributed by atoms with Crippen molar-refractivity contribution in [3.63, 3.8) is 0 Å². The van der Waals surface area contributed by atoms with Crippen LogP contribution in [0.5, 0.6) is 0 Å². The number of carbonyl (C=O) groups is 1. The molecule has 2 saturated heterocycles. The number of hydrogen-bond acceptors (Lipinski definition) is 4. The number of amides is 1. The van der Waals surface area contributed by atoms with Crippen molar-refractivity contribution in [1.82, 2.24) is 14.5 Å². The van der Waals surface area contributed by atoms with Gasteiger partial charge in [-0.25, -0.2) is 8.42 Å². The highest BCUT2D eigenvalue weighted by Gasteiger charge is 2.36. The first-order valence-corrected chi connectivity index (χ1v) is 10.0. The number of hydrogen-bond donors (Lipinski definition) is 1. The third-order valence-electron chi connectivity index (χ3n) is 4.90. The Labute approximate surface area is 156 Å². The van der Waals surface area contributed by atoms with Crippen molar-refractivity contribution < 1.29 is 13.2 Å². The molecular formula is C17H26ClN3O3S. The van der Waals surface area contributed by atoms with Gasteiger partial charge >= 0.3 is 0 Å². The van der Waals surface area contributed by atoms with Crippen LogP contribution in [0.15, 0.2) is 35.2 Å². The summed E-state index contributed by atoms with van der Waals surface area (Å²) in [6, 6.07) is 8.63. The second-order valence-electron chi connectivity index (χ2n) is 6.60. The zero-order valence-electron chi connectivity index (χ0n) is 14.4. The molecule has 3 rings (SSSR count). The van der Waals surface area contributed by atoms with E-state index in [4.69, 9.17) is 0 Å². The van der Waals surface area contributed by atoms with E-state index in [1.807, 2.05) is 11.8 Å². The summed E-state index contributed by atoms with van der Waals surface area (Å²) >= 11 is 0. The van der Waals surface area contributed by atoms with Crippen LogP contribution in [0.2, 0.25) is 0 Å². The zero-order chi connectivity index (χ0) is 17.2. The van der Waals surface area contributed by atoms with Gasteiger partial charge in [-0.15, -0.1) is 12.4 Å². The van der Waals surface area contributed by atoms with Crippen LogP contribution < -0.4 is 5.32 Å². The van der Waals surface area contributed by atoms with Gasteiger partial charge in [0.15, 0.2) is 0 Å². The molecule has 2 atom stereocenters. The molecule has 8 heteroatoms. The van der Waals surface area contributed by atoms with Gasteiger partial charge in [0.1, 0.15) is 0 Å². The number of piperidine rings is 1. The van der Waals surface area contributed by atoms with Crippen LogP contribution in [0.4, 0.5) is 0 Å². The summed E-state index contributed by atoms with van der Waals surface area (Å²) in [4.78, 5) is 15.1. The molecule has 1 aromatic carbocycles. The Balaban J connectivity index is 0.00000225. The van der Waals surface area contributed by atoms with Crippen LogP contribution in [0.25, 0.3) is 0 Å². The summed E-state index contributed by atoms with van der Waals surface area (Å²) in [6.45, 7) is 5.09. The zero-order valence-corrected chi connectivity index (χ0v) is 16.1. The first-order chi connectivity index (χ1) is 11.5. The van der Waals surface area contributed by atoms with Gasteiger partial charge in [-0.3, -0.25) is 4.79 Å². The first kappa shape index (κ1) is 20.2. The van der Waals surface area contributed by atoms with Crippen LogP contribution in [0, 0.1) is 5.92 Å². The number of rotatable bonds is 3. The molecule has 2 heterocycles. The first-order valence-electron chi connectivity index (χ1n) is 8.56. The molecule has 2 aliphatic heterocycles. The molecule has 6 nitrogen and oxygen atoms in total. The molecule has 1 aromatic rings. The molecule has 0 spiro atoms. The molecule has 1 amide bonds. The molecule has 0 bridgehead atoms. The molecule has 0 saturated carbocycles. The van der Waals surface area contributed by atoms with Crippen molar-refractivity contribution in [2.24, 2.45) is 5.92 Å². The molecule has 0 radical (unpaired) electrons. The largest absolute Gasteiger partial charge is 0.337 e. The summed E-state index contributed by atoms with van der Waals surface area (Å²) in [5, 5.41) is 3.28. The highest BCUT2D eigenvalue weighted by Crippen LogP contribution is 2.25. The van der Waals surface area contributed by atoms with Gasteiger partial charge in [0.25, 0.3) is 0 Å². The summed E-state index contributed by atoms with van der Waals surface area (Å²) in [5.41, 5.74) is 0. The van der Waals surface area contributed by atoms with E-state index in [9.17, 15) is 13.2 Å². The van der Waals surface area contributed by atoms with E-state index in [1.165, 1.54) is 4.31 Å². The number of piperazine rings is 1. The van der Waals surface area contributed by atoms with Crippen LogP contribution in [-0.4, -0.2) is 62.3 Å². The van der Waals surface area contributed by atoms with Gasteiger partial charge in [0.05, 0.1) is 10.8 Å². The van der Waals surface area contributed by atoms with Crippen molar-refractivity contribution in [1.29, 1.82) is 0 Å². The highest BCUT2D eigenvalue weighted by atomic mass is 35.5. The summed E-state index contributed by atoms with van der Waals surface area (Å²) in [5.74, 6) is -0.144. The minimum absolute atomic E-state index is 0. The van der Waals surface area contributed by atoms with E-state index >= 15 is 0 Å². The van der Waals surface area contributed by atoms with E-state index in [-0.39, 0.29) is 36.8 Å². The standard InChI is InChI=1S/C17H25N3O3S.ClH/c1-14-12-18-9-11-20(14)17(21)15-6-5-10-19(13-15)24(22,23)16-7-3-2-4-8-16;/h2-4,7-8,14-15,18H,5-6,9-13H2,1H3;1H/t14-,15?;/m0./s1. The number of benzene rings is 1. The van der Waals surface area contributed by atoms with Crippen molar-refractivity contribution in [3.05, 3.63) is 30.3 Å². The number of carbonyl (C=O) groups excluding carboxylic acids is 1. The Hall–Kier alpha value is -1.15. The number of halogens is 1. The average molecular weight is 388 g/mol. The fourth-order valence-corrected chi connectivity index (χ4v) is 5.05. The fourth-order valence-electron chi connectivity index (χ4n) is 3.51. The Morgan fingerprint density at radius 1 is 1.20 bits per heavy atom. The van der Waals surface area contributed by atoms with Crippen molar-refractivity contribution in [2.75, 3.05) is 32.7 Å². The Morgan fingerprint density at radius 3 is 2.60 bits per heavy atom. The third-order valence-corrected chi connectivity index (χ3v) is 6.78. The molecule has 2 aliphatic rings. The van der Waals surface area contributed by atoms with Gasteiger partial charge in [-0.1, -0.05) is 18.2 Å². The smallest absolute Gasteiger partial charge is 0.243 e. The predicted octanol–water partition coefficient (Wildman–Crippen LogP) is 1.33. The molecule has 0 aromatic heterocycles. The molecule has 0 aliphatic carbocycles. The van der Waals surface area contributed by atoms with Crippen molar-refractivity contribution >= 4 is 28.3 Å². The lowest BCUT2D eigenvalue weighted by Gasteiger charge is -2.39. The second-order valence-corrected chi connectivity index (χ2v) is 8.54. The Morgan fingerprint density at radius 2 is 1.92 bits per heavy atom. The molecule has 1 unspecified atom stereocenters. The van der Waals surface area contributed by atoms with Gasteiger partial charge < -0.3 is 10.2 Å². The van der Waals surface area contributed by atoms with E-state index in [0.29, 0.717) is 18.0 Å². The third kappa shape index (κ3) is 4.34. The number of nitrogens with zero attached hydrogens (tertiary/aromatic N) is 2. The molecule has 140 valence electrons. The van der Waals surface area contributed by atoms with Gasteiger partial charge in [-0.05, 0) is 31.9 Å². The van der Waals surface area contributed by atoms with E-state index in [2.05, 4.69) is 5.32 Å². The monoisotopic (exact) mass is 387 g/mol. The average Bonchev–Trinajstić information content (AvgIpc) is 2.62. The Kier molecular flexibility index (Phi) is 6.85. The SMILES string of the molecule is C[C@H]1CNCCN1C(=O)C1CCCN(S(=O)(=O)c2ccccc2)C1.Cl. The molecule has 25 heavy (non-hydrogen) atoms. The van der Waals surface area contributed by atoms with Crippen molar-refractivity contribution in [2.45, 2.75) is 30.7 Å². The summed E-state index contributed by atoms with van der Waals surface area (Å²) in [7, 11) is -3.52. The topological polar surface area (TPSA) is 69.7 Å². The predicted molar refractivity (Wildman–Crippen MR) is 99.2 cm³/mol. The summed E-state index contributed by atoms with van der Waals surface area (Å²) in [6.07, 6.45) is 1.49. The van der Waals surface area contributed by atoms with E-state index in [1.54, 1.807) is 30.3 Å². The van der Waals surface area contributed by atoms with Crippen LogP contribution in [0.3, 0.4) is 0 Å². The van der Waals surface area contributed by atoms with Gasteiger partial charge in [-0.2, -0.15) is 4.31 Å². The normalized spacial score (nSPS) is 25.2. The maximum Gasteiger partial charge on any atom is 0.243 e. The lowest BCUT2D eigenvalue weighted by molar-refractivity contribution is -0.139. The maximum atomic E-state index is 12.8. The minimum Gasteiger partial charge on any atom is -0.337 e. The van der Waals surface area contributed by atoms with E-state index in [0.717, 1.165) is 25.9 Å². The van der Waals surface area contributed by atoms with Gasteiger partial charge in [0, 0.05) is 38.8 Å². The van der Waals surface area contributed by atoms with E-state index < -0.39 is 10.0 Å². The second kappa shape index (κ2) is 8.49. The van der Waals surface area contributed by atoms with Crippen molar-refractivity contribution in [3.8, 4) is 0 Å². The van der Waals surface area contributed by atoms with Crippen LogP contribution in [0.1, 0.15) is 19.8 Å². The number of nitrogens with one attached hydrogen (secondary N) is 1. The van der Waals surface area contributed by atoms with Crippen LogP contribution in [-0.2, 0) is 14.8 Å². The quantitative estimate of drug-likeness (QED) is 0.849. The highest BCUT2D eigenvalue weighted by molar-refractivity contribution is 7.89. The molecule has 2 fully saturated rings.